The van der Waals surface area contributed by atoms with Gasteiger partial charge in [-0.2, -0.15) is 0 Å². The maximum Gasteiger partial charge on any atom is 0.00681 e. The lowest BCUT2D eigenvalue weighted by molar-refractivity contribution is 2.64. The van der Waals surface area contributed by atoms with Gasteiger partial charge in [-0.25, -0.2) is 0 Å². The summed E-state index contributed by atoms with van der Waals surface area (Å²) in [4.78, 5) is 0. The monoisotopic (exact) mass is 73.0 g/mol. The molecule has 0 amide bonds. The van der Waals surface area contributed by atoms with Crippen molar-refractivity contribution in [1.29, 1.82) is 0 Å². The van der Waals surface area contributed by atoms with Crippen LogP contribution in [0.25, 0.3) is 0 Å². The largest absolute Gasteiger partial charge is 0.134 e. The van der Waals surface area contributed by atoms with Gasteiger partial charge in [-0.15, -0.1) is 11.8 Å². The highest BCUT2D eigenvalue weighted by molar-refractivity contribution is 8.03. The highest BCUT2D eigenvalue weighted by Crippen LogP contribution is 1.89. The van der Waals surface area contributed by atoms with E-state index in [1.54, 1.807) is 5.41 Å². The van der Waals surface area contributed by atoms with Crippen LogP contribution in [0, 0.1) is 6.26 Å². The van der Waals surface area contributed by atoms with Crippen LogP contribution in [-0.4, -0.2) is 0 Å². The summed E-state index contributed by atoms with van der Waals surface area (Å²) in [7, 11) is 0. The molecule has 0 aromatic carbocycles. The van der Waals surface area contributed by atoms with Gasteiger partial charge in [0, 0.05) is 6.26 Å². The molecule has 23 valence electrons. The van der Waals surface area contributed by atoms with E-state index in [9.17, 15) is 0 Å². The molecule has 4 heavy (non-hydrogen) atoms. The van der Waals surface area contributed by atoms with Crippen molar-refractivity contribution < 1.29 is 0 Å². The van der Waals surface area contributed by atoms with Crippen LogP contribution in [-0.2, 0) is 0 Å². The lowest BCUT2D eigenvalue weighted by Gasteiger charge is -1.58. The van der Waals surface area contributed by atoms with Gasteiger partial charge in [0.2, 0.25) is 0 Å². The second-order valence-electron chi connectivity index (χ2n) is 0.333. The molecular formula is C3H5S. The fourth-order valence-corrected chi connectivity index (χ4v) is 0. The molecule has 0 aliphatic heterocycles. The van der Waals surface area contributed by atoms with E-state index in [0.29, 0.717) is 0 Å². The van der Waals surface area contributed by atoms with Gasteiger partial charge in [0.25, 0.3) is 0 Å². The normalized spacial score (nSPS) is 6.25. The first-order valence-electron chi connectivity index (χ1n) is 0.933. The van der Waals surface area contributed by atoms with E-state index in [1.807, 2.05) is 0 Å². The molecule has 0 nitrogen and oxygen atoms in total. The van der Waals surface area contributed by atoms with Crippen molar-refractivity contribution in [3.05, 3.63) is 18.2 Å². The number of thioether (sulfide) groups is 1. The van der Waals surface area contributed by atoms with Gasteiger partial charge in [0.15, 0.2) is 0 Å². The topological polar surface area (TPSA) is 0 Å². The van der Waals surface area contributed by atoms with Gasteiger partial charge in [0.05, 0.1) is 0 Å². The van der Waals surface area contributed by atoms with E-state index < -0.39 is 0 Å². The van der Waals surface area contributed by atoms with Gasteiger partial charge in [-0.05, 0) is 5.41 Å². The molecule has 0 fully saturated rings. The molecule has 0 aliphatic carbocycles. The molecular weight excluding hydrogens is 68.1 g/mol. The Bertz CT molecular complexity index is 17.2. The fourth-order valence-electron chi connectivity index (χ4n) is 0. The Morgan fingerprint density at radius 1 is 1.75 bits per heavy atom. The maximum absolute atomic E-state index is 3.40. The summed E-state index contributed by atoms with van der Waals surface area (Å²) in [6.45, 7) is 3.38. The predicted molar refractivity (Wildman–Crippen MR) is 23.1 cm³/mol. The fraction of sp³-hybridized carbons (Fsp3) is 0. The number of hydrogen-bond acceptors (Lipinski definition) is 1. The van der Waals surface area contributed by atoms with Crippen molar-refractivity contribution >= 4 is 11.8 Å². The Labute approximate surface area is 30.9 Å². The molecule has 1 heteroatoms. The highest BCUT2D eigenvalue weighted by atomic mass is 32.2. The van der Waals surface area contributed by atoms with Gasteiger partial charge in [-0.1, -0.05) is 6.58 Å². The van der Waals surface area contributed by atoms with Crippen molar-refractivity contribution in [3.63, 3.8) is 0 Å². The standard InChI is InChI=1S/C3H5S/c1-3-4-2/h3H,1-2H2. The van der Waals surface area contributed by atoms with Gasteiger partial charge < -0.3 is 0 Å². The summed E-state index contributed by atoms with van der Waals surface area (Å²) in [6, 6.07) is 0. The Hall–Kier alpha value is 0.0900. The molecule has 0 heterocycles. The second-order valence-corrected chi connectivity index (χ2v) is 1.00. The Morgan fingerprint density at radius 2 is 2.00 bits per heavy atom. The van der Waals surface area contributed by atoms with Crippen molar-refractivity contribution in [2.45, 2.75) is 0 Å². The minimum Gasteiger partial charge on any atom is -0.134 e. The molecule has 0 aromatic rings. The van der Waals surface area contributed by atoms with Crippen LogP contribution in [0.5, 0.6) is 0 Å². The highest BCUT2D eigenvalue weighted by Gasteiger charge is 1.44. The number of hydrogen-bond donors (Lipinski definition) is 0. The Morgan fingerprint density at radius 3 is 2.00 bits per heavy atom. The molecule has 0 rings (SSSR count). The summed E-state index contributed by atoms with van der Waals surface area (Å²) in [6.07, 6.45) is 3.40. The average molecular weight is 73.1 g/mol. The summed E-state index contributed by atoms with van der Waals surface area (Å²) in [5, 5.41) is 1.68. The van der Waals surface area contributed by atoms with E-state index in [0.717, 1.165) is 0 Å². The minimum absolute atomic E-state index is 1.37. The van der Waals surface area contributed by atoms with E-state index in [4.69, 9.17) is 0 Å². The Balaban J connectivity index is 2.30. The van der Waals surface area contributed by atoms with E-state index in [-0.39, 0.29) is 0 Å². The molecule has 0 spiro atoms. The van der Waals surface area contributed by atoms with E-state index >= 15 is 0 Å². The zero-order chi connectivity index (χ0) is 3.41. The zero-order valence-corrected chi connectivity index (χ0v) is 3.22. The third kappa shape index (κ3) is 2.09. The quantitative estimate of drug-likeness (QED) is 0.455. The van der Waals surface area contributed by atoms with E-state index in [2.05, 4.69) is 12.8 Å². The van der Waals surface area contributed by atoms with Gasteiger partial charge in [-0.3, -0.25) is 0 Å². The summed E-state index contributed by atoms with van der Waals surface area (Å²) >= 11 is 1.37. The van der Waals surface area contributed by atoms with Crippen molar-refractivity contribution in [2.75, 3.05) is 0 Å². The molecule has 1 radical (unpaired) electrons. The van der Waals surface area contributed by atoms with Gasteiger partial charge >= 0.3 is 0 Å². The molecule has 0 unspecified atom stereocenters. The lowest BCUT2D eigenvalue weighted by atomic mass is 11.3. The summed E-state index contributed by atoms with van der Waals surface area (Å²) in [5.74, 6) is 0. The summed E-state index contributed by atoms with van der Waals surface area (Å²) in [5.41, 5.74) is 0. The molecule has 0 bridgehead atoms. The number of rotatable bonds is 1. The van der Waals surface area contributed by atoms with Crippen LogP contribution in [0.3, 0.4) is 0 Å². The van der Waals surface area contributed by atoms with E-state index in [1.165, 1.54) is 11.8 Å². The predicted octanol–water partition coefficient (Wildman–Crippen LogP) is 1.65. The molecule has 0 atom stereocenters. The lowest BCUT2D eigenvalue weighted by Crippen LogP contribution is -1.18. The molecule has 0 aromatic heterocycles. The smallest absolute Gasteiger partial charge is 0.00681 e. The third-order valence-corrected chi connectivity index (χ3v) is 0.354. The first kappa shape index (κ1) is 4.09. The molecule has 0 saturated carbocycles. The van der Waals surface area contributed by atoms with Crippen LogP contribution >= 0.6 is 11.8 Å². The maximum atomic E-state index is 3.40. The minimum atomic E-state index is 1.37. The first-order chi connectivity index (χ1) is 1.91. The van der Waals surface area contributed by atoms with Crippen LogP contribution < -0.4 is 0 Å². The van der Waals surface area contributed by atoms with Crippen LogP contribution in [0.1, 0.15) is 0 Å². The van der Waals surface area contributed by atoms with Crippen LogP contribution in [0.2, 0.25) is 0 Å². The molecule has 0 N–H and O–H groups in total. The van der Waals surface area contributed by atoms with Crippen molar-refractivity contribution in [2.24, 2.45) is 0 Å². The van der Waals surface area contributed by atoms with Crippen LogP contribution in [0.4, 0.5) is 0 Å². The average Bonchev–Trinajstić information content (AvgIpc) is 1.37. The summed E-state index contributed by atoms with van der Waals surface area (Å²) < 4.78 is 0. The van der Waals surface area contributed by atoms with Crippen molar-refractivity contribution in [1.82, 2.24) is 0 Å². The van der Waals surface area contributed by atoms with Crippen molar-refractivity contribution in [3.8, 4) is 0 Å². The first-order valence-corrected chi connectivity index (χ1v) is 1.98. The van der Waals surface area contributed by atoms with Gasteiger partial charge in [0.1, 0.15) is 0 Å². The third-order valence-electron chi connectivity index (χ3n) is 0.118. The molecule has 0 aliphatic rings. The molecule has 0 saturated heterocycles. The zero-order valence-electron chi connectivity index (χ0n) is 2.40. The second kappa shape index (κ2) is 3.09. The van der Waals surface area contributed by atoms with Crippen LogP contribution in [0.15, 0.2) is 12.0 Å². The Kier molecular flexibility index (Phi) is 3.16. The SMILES string of the molecule is [CH2]SC=C.